The van der Waals surface area contributed by atoms with Crippen LogP contribution in [0.5, 0.6) is 5.75 Å². The van der Waals surface area contributed by atoms with Crippen molar-refractivity contribution < 1.29 is 18.1 Å². The van der Waals surface area contributed by atoms with Crippen LogP contribution in [0.1, 0.15) is 6.92 Å². The van der Waals surface area contributed by atoms with E-state index in [-0.39, 0.29) is 18.0 Å². The first-order valence-corrected chi connectivity index (χ1v) is 7.60. The maximum atomic E-state index is 11.3. The van der Waals surface area contributed by atoms with Crippen LogP contribution in [-0.2, 0) is 10.0 Å². The van der Waals surface area contributed by atoms with E-state index < -0.39 is 14.9 Å². The lowest BCUT2D eigenvalue weighted by molar-refractivity contribution is -0.384. The SMILES string of the molecule is CCOc1cc(NCCS(=O)(=O)NC)cc([N+](=O)[O-])c1. The molecule has 0 amide bonds. The van der Waals surface area contributed by atoms with Crippen LogP contribution in [-0.4, -0.2) is 39.3 Å². The van der Waals surface area contributed by atoms with Gasteiger partial charge in [-0.15, -0.1) is 0 Å². The number of nitro groups is 1. The van der Waals surface area contributed by atoms with E-state index in [2.05, 4.69) is 10.0 Å². The second-order valence-corrected chi connectivity index (χ2v) is 5.90. The lowest BCUT2D eigenvalue weighted by atomic mass is 10.2. The molecule has 0 aliphatic rings. The summed E-state index contributed by atoms with van der Waals surface area (Å²) in [5.74, 6) is 0.233. The molecule has 0 unspecified atom stereocenters. The van der Waals surface area contributed by atoms with Gasteiger partial charge in [-0.1, -0.05) is 0 Å². The Balaban J connectivity index is 2.81. The number of hydrogen-bond acceptors (Lipinski definition) is 6. The van der Waals surface area contributed by atoms with E-state index in [1.807, 2.05) is 0 Å². The molecule has 8 nitrogen and oxygen atoms in total. The van der Waals surface area contributed by atoms with Crippen LogP contribution in [0.2, 0.25) is 0 Å². The quantitative estimate of drug-likeness (QED) is 0.546. The second kappa shape index (κ2) is 7.06. The Morgan fingerprint density at radius 1 is 1.35 bits per heavy atom. The van der Waals surface area contributed by atoms with E-state index in [4.69, 9.17) is 4.74 Å². The molecule has 0 aliphatic carbocycles. The molecule has 0 saturated carbocycles. The lowest BCUT2D eigenvalue weighted by Crippen LogP contribution is -2.26. The third-order valence-corrected chi connectivity index (χ3v) is 3.79. The molecule has 0 atom stereocenters. The molecule has 0 bridgehead atoms. The fourth-order valence-corrected chi connectivity index (χ4v) is 2.05. The van der Waals surface area contributed by atoms with Crippen molar-refractivity contribution in [1.82, 2.24) is 4.72 Å². The number of non-ortho nitro benzene ring substituents is 1. The molecule has 1 rings (SSSR count). The van der Waals surface area contributed by atoms with Crippen molar-refractivity contribution in [3.8, 4) is 5.75 Å². The van der Waals surface area contributed by atoms with E-state index >= 15 is 0 Å². The van der Waals surface area contributed by atoms with E-state index in [9.17, 15) is 18.5 Å². The molecule has 0 saturated heterocycles. The zero-order chi connectivity index (χ0) is 15.2. The first-order chi connectivity index (χ1) is 9.38. The summed E-state index contributed by atoms with van der Waals surface area (Å²) in [6.07, 6.45) is 0. The molecule has 0 spiro atoms. The Hall–Kier alpha value is -1.87. The highest BCUT2D eigenvalue weighted by Crippen LogP contribution is 2.25. The van der Waals surface area contributed by atoms with Gasteiger partial charge in [0, 0.05) is 24.4 Å². The van der Waals surface area contributed by atoms with Crippen molar-refractivity contribution in [2.75, 3.05) is 31.3 Å². The van der Waals surface area contributed by atoms with E-state index in [1.165, 1.54) is 19.2 Å². The first-order valence-electron chi connectivity index (χ1n) is 5.95. The predicted molar refractivity (Wildman–Crippen MR) is 75.6 cm³/mol. The molecule has 1 aromatic carbocycles. The number of nitrogens with one attached hydrogen (secondary N) is 2. The number of rotatable bonds is 8. The molecule has 0 fully saturated rings. The zero-order valence-corrected chi connectivity index (χ0v) is 12.1. The number of benzene rings is 1. The minimum Gasteiger partial charge on any atom is -0.494 e. The van der Waals surface area contributed by atoms with Gasteiger partial charge in [-0.2, -0.15) is 0 Å². The Morgan fingerprint density at radius 2 is 2.05 bits per heavy atom. The van der Waals surface area contributed by atoms with Crippen molar-refractivity contribution in [1.29, 1.82) is 0 Å². The average molecular weight is 303 g/mol. The number of nitrogens with zero attached hydrogens (tertiary/aromatic N) is 1. The molecule has 112 valence electrons. The van der Waals surface area contributed by atoms with Crippen LogP contribution in [0.15, 0.2) is 18.2 Å². The van der Waals surface area contributed by atoms with Crippen LogP contribution in [0.3, 0.4) is 0 Å². The molecular formula is C11H17N3O5S. The molecule has 0 radical (unpaired) electrons. The van der Waals surface area contributed by atoms with Crippen molar-refractivity contribution in [3.05, 3.63) is 28.3 Å². The summed E-state index contributed by atoms with van der Waals surface area (Å²) in [7, 11) is -1.98. The predicted octanol–water partition coefficient (Wildman–Crippen LogP) is 0.955. The van der Waals surface area contributed by atoms with Crippen LogP contribution in [0.4, 0.5) is 11.4 Å². The second-order valence-electron chi connectivity index (χ2n) is 3.86. The monoisotopic (exact) mass is 303 g/mol. The largest absolute Gasteiger partial charge is 0.494 e. The maximum Gasteiger partial charge on any atom is 0.275 e. The van der Waals surface area contributed by atoms with Crippen LogP contribution < -0.4 is 14.8 Å². The first kappa shape index (κ1) is 16.2. The third-order valence-electron chi connectivity index (χ3n) is 2.42. The smallest absolute Gasteiger partial charge is 0.275 e. The van der Waals surface area contributed by atoms with Gasteiger partial charge in [-0.25, -0.2) is 13.1 Å². The number of ether oxygens (including phenoxy) is 1. The lowest BCUT2D eigenvalue weighted by Gasteiger charge is -2.09. The zero-order valence-electron chi connectivity index (χ0n) is 11.3. The van der Waals surface area contributed by atoms with E-state index in [0.29, 0.717) is 18.0 Å². The average Bonchev–Trinajstić information content (AvgIpc) is 2.38. The van der Waals surface area contributed by atoms with Gasteiger partial charge in [0.25, 0.3) is 5.69 Å². The minimum absolute atomic E-state index is 0.116. The Kier molecular flexibility index (Phi) is 5.71. The summed E-state index contributed by atoms with van der Waals surface area (Å²) in [6, 6.07) is 4.23. The third kappa shape index (κ3) is 5.02. The highest BCUT2D eigenvalue weighted by Gasteiger charge is 2.11. The van der Waals surface area contributed by atoms with Gasteiger partial charge in [-0.3, -0.25) is 10.1 Å². The molecule has 1 aromatic rings. The molecule has 9 heteroatoms. The molecule has 0 aromatic heterocycles. The summed E-state index contributed by atoms with van der Waals surface area (Å²) >= 11 is 0. The van der Waals surface area contributed by atoms with Gasteiger partial charge >= 0.3 is 0 Å². The van der Waals surface area contributed by atoms with Crippen molar-refractivity contribution in [2.45, 2.75) is 6.92 Å². The number of nitro benzene ring substituents is 1. The van der Waals surface area contributed by atoms with Gasteiger partial charge in [0.05, 0.1) is 23.3 Å². The molecule has 0 heterocycles. The summed E-state index contributed by atoms with van der Waals surface area (Å²) < 4.78 is 29.9. The van der Waals surface area contributed by atoms with Crippen LogP contribution >= 0.6 is 0 Å². The normalized spacial score (nSPS) is 11.1. The Morgan fingerprint density at radius 3 is 2.60 bits per heavy atom. The fraction of sp³-hybridized carbons (Fsp3) is 0.455. The van der Waals surface area contributed by atoms with Gasteiger partial charge in [0.1, 0.15) is 5.75 Å². The van der Waals surface area contributed by atoms with E-state index in [0.717, 1.165) is 0 Å². The van der Waals surface area contributed by atoms with Gasteiger partial charge in [0.15, 0.2) is 0 Å². The summed E-state index contributed by atoms with van der Waals surface area (Å²) in [5.41, 5.74) is 0.323. The number of anilines is 1. The van der Waals surface area contributed by atoms with Gasteiger partial charge < -0.3 is 10.1 Å². The molecule has 20 heavy (non-hydrogen) atoms. The van der Waals surface area contributed by atoms with Crippen LogP contribution in [0, 0.1) is 10.1 Å². The standard InChI is InChI=1S/C11H17N3O5S/c1-3-19-11-7-9(6-10(8-11)14(15)16)13-4-5-20(17,18)12-2/h6-8,12-13H,3-5H2,1-2H3. The van der Waals surface area contributed by atoms with E-state index in [1.54, 1.807) is 13.0 Å². The van der Waals surface area contributed by atoms with Crippen molar-refractivity contribution >= 4 is 21.4 Å². The summed E-state index contributed by atoms with van der Waals surface area (Å²) in [5, 5.41) is 13.6. The molecular weight excluding hydrogens is 286 g/mol. The summed E-state index contributed by atoms with van der Waals surface area (Å²) in [6.45, 7) is 2.29. The Bertz CT molecular complexity index is 573. The Labute approximate surface area is 117 Å². The minimum atomic E-state index is -3.31. The van der Waals surface area contributed by atoms with Crippen molar-refractivity contribution in [2.24, 2.45) is 0 Å². The fourth-order valence-electron chi connectivity index (χ4n) is 1.47. The summed E-state index contributed by atoms with van der Waals surface area (Å²) in [4.78, 5) is 10.3. The van der Waals surface area contributed by atoms with Crippen molar-refractivity contribution in [3.63, 3.8) is 0 Å². The molecule has 0 aliphatic heterocycles. The highest BCUT2D eigenvalue weighted by molar-refractivity contribution is 7.89. The number of sulfonamides is 1. The van der Waals surface area contributed by atoms with Gasteiger partial charge in [-0.05, 0) is 14.0 Å². The topological polar surface area (TPSA) is 111 Å². The van der Waals surface area contributed by atoms with Crippen LogP contribution in [0.25, 0.3) is 0 Å². The number of hydrogen-bond donors (Lipinski definition) is 2. The van der Waals surface area contributed by atoms with Gasteiger partial charge in [0.2, 0.25) is 10.0 Å². The highest BCUT2D eigenvalue weighted by atomic mass is 32.2. The molecule has 2 N–H and O–H groups in total. The maximum absolute atomic E-state index is 11.3.